The lowest BCUT2D eigenvalue weighted by molar-refractivity contribution is 0.199. The lowest BCUT2D eigenvalue weighted by atomic mass is 10.1. The molecule has 0 heterocycles. The third kappa shape index (κ3) is 6.27. The number of benzene rings is 1. The zero-order valence-corrected chi connectivity index (χ0v) is 13.3. The lowest BCUT2D eigenvalue weighted by Crippen LogP contribution is -2.29. The normalized spacial score (nSPS) is 11.2. The summed E-state index contributed by atoms with van der Waals surface area (Å²) in [4.78, 5) is 0. The first-order valence-corrected chi connectivity index (χ1v) is 8.31. The van der Waals surface area contributed by atoms with E-state index in [1.54, 1.807) is 14.2 Å². The van der Waals surface area contributed by atoms with Crippen LogP contribution in [0, 0.1) is 11.8 Å². The topological polar surface area (TPSA) is 72.6 Å². The molecule has 21 heavy (non-hydrogen) atoms. The molecule has 0 spiro atoms. The second-order valence-electron chi connectivity index (χ2n) is 4.62. The molecule has 0 aromatic heterocycles. The summed E-state index contributed by atoms with van der Waals surface area (Å²) in [5.74, 6) is 5.81. The highest BCUT2D eigenvalue weighted by Gasteiger charge is 2.17. The van der Waals surface area contributed by atoms with Crippen LogP contribution in [0.1, 0.15) is 17.5 Å². The van der Waals surface area contributed by atoms with Crippen LogP contribution in [-0.2, 0) is 21.3 Å². The Balaban J connectivity index is 2.71. The summed E-state index contributed by atoms with van der Waals surface area (Å²) in [6.45, 7) is 1.07. The van der Waals surface area contributed by atoms with Crippen LogP contribution in [0.2, 0.25) is 0 Å². The van der Waals surface area contributed by atoms with E-state index in [1.165, 1.54) is 4.31 Å². The Morgan fingerprint density at radius 1 is 1.38 bits per heavy atom. The average Bonchev–Trinajstić information content (AvgIpc) is 2.45. The minimum atomic E-state index is -3.26. The van der Waals surface area contributed by atoms with Gasteiger partial charge in [0.05, 0.1) is 12.3 Å². The Morgan fingerprint density at radius 2 is 2.14 bits per heavy atom. The van der Waals surface area contributed by atoms with Gasteiger partial charge in [-0.05, 0) is 24.1 Å². The van der Waals surface area contributed by atoms with E-state index in [4.69, 9.17) is 10.5 Å². The predicted molar refractivity (Wildman–Crippen MR) is 84.1 cm³/mol. The van der Waals surface area contributed by atoms with Crippen molar-refractivity contribution >= 4 is 10.0 Å². The van der Waals surface area contributed by atoms with Crippen LogP contribution in [0.5, 0.6) is 0 Å². The number of nitrogens with zero attached hydrogens (tertiary/aromatic N) is 1. The van der Waals surface area contributed by atoms with Crippen LogP contribution in [0.4, 0.5) is 0 Å². The molecule has 0 atom stereocenters. The minimum absolute atomic E-state index is 0.0873. The molecule has 1 rings (SSSR count). The summed E-state index contributed by atoms with van der Waals surface area (Å²) >= 11 is 0. The molecule has 1 aromatic carbocycles. The summed E-state index contributed by atoms with van der Waals surface area (Å²) in [6.07, 6.45) is 0.491. The van der Waals surface area contributed by atoms with Gasteiger partial charge in [-0.15, -0.1) is 0 Å². The van der Waals surface area contributed by atoms with Crippen molar-refractivity contribution < 1.29 is 13.2 Å². The molecule has 0 saturated heterocycles. The summed E-state index contributed by atoms with van der Waals surface area (Å²) in [5.41, 5.74) is 7.07. The first kappa shape index (κ1) is 17.7. The first-order chi connectivity index (χ1) is 9.99. The van der Waals surface area contributed by atoms with Gasteiger partial charge in [0.1, 0.15) is 0 Å². The van der Waals surface area contributed by atoms with E-state index in [9.17, 15) is 8.42 Å². The molecule has 2 N–H and O–H groups in total. The third-order valence-electron chi connectivity index (χ3n) is 2.89. The largest absolute Gasteiger partial charge is 0.385 e. The Bertz CT molecular complexity index is 603. The third-order valence-corrected chi connectivity index (χ3v) is 4.78. The van der Waals surface area contributed by atoms with Crippen molar-refractivity contribution in [1.29, 1.82) is 0 Å². The summed E-state index contributed by atoms with van der Waals surface area (Å²) in [5, 5.41) is 0. The van der Waals surface area contributed by atoms with Crippen LogP contribution in [0.25, 0.3) is 0 Å². The van der Waals surface area contributed by atoms with E-state index >= 15 is 0 Å². The highest BCUT2D eigenvalue weighted by molar-refractivity contribution is 7.89. The number of rotatable bonds is 7. The van der Waals surface area contributed by atoms with Crippen molar-refractivity contribution in [2.24, 2.45) is 5.73 Å². The smallest absolute Gasteiger partial charge is 0.214 e. The molecule has 0 aliphatic carbocycles. The van der Waals surface area contributed by atoms with Crippen molar-refractivity contribution in [3.8, 4) is 11.8 Å². The monoisotopic (exact) mass is 310 g/mol. The Hall–Kier alpha value is -1.39. The van der Waals surface area contributed by atoms with Crippen molar-refractivity contribution in [2.45, 2.75) is 13.0 Å². The van der Waals surface area contributed by atoms with Gasteiger partial charge in [-0.1, -0.05) is 24.0 Å². The van der Waals surface area contributed by atoms with Gasteiger partial charge in [-0.2, -0.15) is 0 Å². The second kappa shape index (κ2) is 8.80. The molecule has 0 aliphatic heterocycles. The highest BCUT2D eigenvalue weighted by Crippen LogP contribution is 2.10. The average molecular weight is 310 g/mol. The van der Waals surface area contributed by atoms with Crippen LogP contribution in [-0.4, -0.2) is 45.8 Å². The van der Waals surface area contributed by atoms with E-state index in [-0.39, 0.29) is 5.75 Å². The number of hydrogen-bond acceptors (Lipinski definition) is 4. The van der Waals surface area contributed by atoms with E-state index in [2.05, 4.69) is 11.8 Å². The van der Waals surface area contributed by atoms with Crippen LogP contribution in [0.15, 0.2) is 24.3 Å². The van der Waals surface area contributed by atoms with E-state index in [1.807, 2.05) is 24.3 Å². The summed E-state index contributed by atoms with van der Waals surface area (Å²) in [6, 6.07) is 7.50. The number of methoxy groups -OCH3 is 1. The molecule has 0 amide bonds. The molecular formula is C15H22N2O3S. The lowest BCUT2D eigenvalue weighted by Gasteiger charge is -2.17. The molecule has 5 nitrogen and oxygen atoms in total. The van der Waals surface area contributed by atoms with Gasteiger partial charge >= 0.3 is 0 Å². The van der Waals surface area contributed by atoms with Gasteiger partial charge in [0, 0.05) is 32.9 Å². The SMILES string of the molecule is COCCCS(=O)(=O)N(C)Cc1cccc(C#CCN)c1. The maximum Gasteiger partial charge on any atom is 0.214 e. The quantitative estimate of drug-likeness (QED) is 0.597. The molecule has 6 heteroatoms. The van der Waals surface area contributed by atoms with E-state index in [0.717, 1.165) is 11.1 Å². The number of ether oxygens (including phenoxy) is 1. The molecule has 116 valence electrons. The van der Waals surface area contributed by atoms with Gasteiger partial charge in [0.15, 0.2) is 0 Å². The Morgan fingerprint density at radius 3 is 2.81 bits per heavy atom. The molecule has 0 unspecified atom stereocenters. The molecular weight excluding hydrogens is 288 g/mol. The maximum absolute atomic E-state index is 12.1. The van der Waals surface area contributed by atoms with E-state index < -0.39 is 10.0 Å². The van der Waals surface area contributed by atoms with Crippen molar-refractivity contribution in [2.75, 3.05) is 33.1 Å². The van der Waals surface area contributed by atoms with Crippen molar-refractivity contribution in [3.05, 3.63) is 35.4 Å². The molecule has 0 fully saturated rings. The van der Waals surface area contributed by atoms with Gasteiger partial charge in [0.2, 0.25) is 10.0 Å². The van der Waals surface area contributed by atoms with Crippen LogP contribution >= 0.6 is 0 Å². The van der Waals surface area contributed by atoms with Crippen molar-refractivity contribution in [1.82, 2.24) is 4.31 Å². The Kier molecular flexibility index (Phi) is 7.40. The fraction of sp³-hybridized carbons (Fsp3) is 0.467. The highest BCUT2D eigenvalue weighted by atomic mass is 32.2. The minimum Gasteiger partial charge on any atom is -0.385 e. The molecule has 0 aliphatic rings. The molecule has 1 aromatic rings. The van der Waals surface area contributed by atoms with Gasteiger partial charge in [-0.25, -0.2) is 12.7 Å². The molecule has 0 saturated carbocycles. The molecule has 0 bridgehead atoms. The summed E-state index contributed by atoms with van der Waals surface area (Å²) < 4.78 is 30.4. The zero-order chi connectivity index (χ0) is 15.7. The summed E-state index contributed by atoms with van der Waals surface area (Å²) in [7, 11) is -0.120. The zero-order valence-electron chi connectivity index (χ0n) is 12.5. The van der Waals surface area contributed by atoms with Gasteiger partial charge < -0.3 is 10.5 Å². The van der Waals surface area contributed by atoms with Crippen LogP contribution in [0.3, 0.4) is 0 Å². The standard InChI is InChI=1S/C15H22N2O3S/c1-17(21(18,19)11-5-10-20-2)13-15-7-3-6-14(12-15)8-4-9-16/h3,6-7,12H,5,9-11,13,16H2,1-2H3. The maximum atomic E-state index is 12.1. The first-order valence-electron chi connectivity index (χ1n) is 6.70. The number of nitrogens with two attached hydrogens (primary N) is 1. The fourth-order valence-corrected chi connectivity index (χ4v) is 2.94. The number of hydrogen-bond donors (Lipinski definition) is 1. The van der Waals surface area contributed by atoms with Crippen molar-refractivity contribution in [3.63, 3.8) is 0 Å². The van der Waals surface area contributed by atoms with Crippen LogP contribution < -0.4 is 5.73 Å². The second-order valence-corrected chi connectivity index (χ2v) is 6.82. The number of sulfonamides is 1. The van der Waals surface area contributed by atoms with Gasteiger partial charge in [-0.3, -0.25) is 0 Å². The predicted octanol–water partition coefficient (Wildman–Crippen LogP) is 0.795. The fourth-order valence-electron chi connectivity index (χ4n) is 1.80. The van der Waals surface area contributed by atoms with Gasteiger partial charge in [0.25, 0.3) is 0 Å². The Labute approximate surface area is 127 Å². The molecule has 0 radical (unpaired) electrons. The van der Waals surface area contributed by atoms with E-state index in [0.29, 0.717) is 26.1 Å².